The summed E-state index contributed by atoms with van der Waals surface area (Å²) in [4.78, 5) is 0. The van der Waals surface area contributed by atoms with Crippen LogP contribution in [-0.4, -0.2) is 4.57 Å². The number of hydrogen-bond acceptors (Lipinski definition) is 0. The van der Waals surface area contributed by atoms with Crippen molar-refractivity contribution in [2.45, 2.75) is 0 Å². The van der Waals surface area contributed by atoms with Crippen LogP contribution in [0.5, 0.6) is 0 Å². The molecule has 0 radical (unpaired) electrons. The first-order valence-corrected chi connectivity index (χ1v) is 11.1. The van der Waals surface area contributed by atoms with Gasteiger partial charge in [-0.25, -0.2) is 0 Å². The van der Waals surface area contributed by atoms with Gasteiger partial charge in [-0.05, 0) is 58.7 Å². The van der Waals surface area contributed by atoms with Crippen molar-refractivity contribution in [1.82, 2.24) is 4.57 Å². The Kier molecular flexibility index (Phi) is 4.56. The van der Waals surface area contributed by atoms with Crippen molar-refractivity contribution < 1.29 is 0 Å². The van der Waals surface area contributed by atoms with Crippen LogP contribution in [0.15, 0.2) is 121 Å². The molecular weight excluding hydrogens is 410 g/mol. The molecule has 5 aromatic carbocycles. The molecule has 0 amide bonds. The van der Waals surface area contributed by atoms with E-state index in [-0.39, 0.29) is 0 Å². The maximum absolute atomic E-state index is 6.26. The van der Waals surface area contributed by atoms with Crippen molar-refractivity contribution in [2.75, 3.05) is 0 Å². The molecule has 0 saturated carbocycles. The molecule has 1 heterocycles. The lowest BCUT2D eigenvalue weighted by Crippen LogP contribution is -1.94. The van der Waals surface area contributed by atoms with Crippen molar-refractivity contribution in [1.29, 1.82) is 0 Å². The van der Waals surface area contributed by atoms with E-state index in [4.69, 9.17) is 11.6 Å². The van der Waals surface area contributed by atoms with Gasteiger partial charge in [0.1, 0.15) is 0 Å². The van der Waals surface area contributed by atoms with Gasteiger partial charge >= 0.3 is 0 Å². The predicted octanol–water partition coefficient (Wildman–Crippen LogP) is 8.77. The smallest absolute Gasteiger partial charge is 0.0547 e. The van der Waals surface area contributed by atoms with E-state index in [0.29, 0.717) is 0 Å². The maximum Gasteiger partial charge on any atom is 0.0547 e. The van der Waals surface area contributed by atoms with E-state index in [0.717, 1.165) is 21.8 Å². The summed E-state index contributed by atoms with van der Waals surface area (Å²) in [7, 11) is 0. The van der Waals surface area contributed by atoms with E-state index in [1.54, 1.807) is 0 Å². The highest BCUT2D eigenvalue weighted by molar-refractivity contribution is 6.30. The quantitative estimate of drug-likeness (QED) is 0.265. The van der Waals surface area contributed by atoms with Gasteiger partial charge in [0, 0.05) is 21.5 Å². The highest BCUT2D eigenvalue weighted by Crippen LogP contribution is 2.35. The van der Waals surface area contributed by atoms with Crippen LogP contribution in [0.4, 0.5) is 0 Å². The SMILES string of the molecule is Clc1cccc(-c2cccc(-n3c4ccccc4c4ccc(-c5ccccc5)cc43)c2)c1. The summed E-state index contributed by atoms with van der Waals surface area (Å²) in [6.45, 7) is 0. The van der Waals surface area contributed by atoms with Gasteiger partial charge in [0.25, 0.3) is 0 Å². The Balaban J connectivity index is 1.62. The molecule has 152 valence electrons. The fourth-order valence-corrected chi connectivity index (χ4v) is 4.74. The molecule has 6 aromatic rings. The molecule has 1 nitrogen and oxygen atoms in total. The first kappa shape index (κ1) is 18.9. The zero-order chi connectivity index (χ0) is 21.5. The van der Waals surface area contributed by atoms with Crippen molar-refractivity contribution >= 4 is 33.4 Å². The first-order chi connectivity index (χ1) is 15.8. The van der Waals surface area contributed by atoms with Crippen LogP contribution in [0.1, 0.15) is 0 Å². The summed E-state index contributed by atoms with van der Waals surface area (Å²) in [6.07, 6.45) is 0. The average molecular weight is 430 g/mol. The summed E-state index contributed by atoms with van der Waals surface area (Å²) in [5, 5.41) is 3.26. The van der Waals surface area contributed by atoms with Gasteiger partial charge in [-0.15, -0.1) is 0 Å². The Bertz CT molecular complexity index is 1580. The minimum absolute atomic E-state index is 0.747. The minimum atomic E-state index is 0.747. The number of hydrogen-bond donors (Lipinski definition) is 0. The van der Waals surface area contributed by atoms with Crippen molar-refractivity contribution in [3.8, 4) is 27.9 Å². The standard InChI is InChI=1S/C30H20ClN/c31-25-12-6-10-22(18-25)23-11-7-13-26(19-23)32-29-15-5-4-14-27(29)28-17-16-24(20-30(28)32)21-8-2-1-3-9-21/h1-20H. The molecule has 0 aliphatic rings. The second-order valence-electron chi connectivity index (χ2n) is 8.01. The van der Waals surface area contributed by atoms with E-state index in [9.17, 15) is 0 Å². The number of rotatable bonds is 3. The van der Waals surface area contributed by atoms with Gasteiger partial charge in [0.15, 0.2) is 0 Å². The van der Waals surface area contributed by atoms with Gasteiger partial charge in [0.05, 0.1) is 11.0 Å². The Labute approximate surface area is 192 Å². The fourth-order valence-electron chi connectivity index (χ4n) is 4.55. The third-order valence-corrected chi connectivity index (χ3v) is 6.28. The molecule has 0 bridgehead atoms. The molecule has 0 fully saturated rings. The van der Waals surface area contributed by atoms with E-state index in [1.165, 1.54) is 32.9 Å². The minimum Gasteiger partial charge on any atom is -0.309 e. The highest BCUT2D eigenvalue weighted by Gasteiger charge is 2.13. The van der Waals surface area contributed by atoms with Crippen molar-refractivity contribution in [2.24, 2.45) is 0 Å². The monoisotopic (exact) mass is 429 g/mol. The molecule has 0 N–H and O–H groups in total. The molecule has 0 atom stereocenters. The Morgan fingerprint density at radius 3 is 1.94 bits per heavy atom. The van der Waals surface area contributed by atoms with E-state index < -0.39 is 0 Å². The van der Waals surface area contributed by atoms with E-state index in [1.807, 2.05) is 18.2 Å². The topological polar surface area (TPSA) is 4.93 Å². The number of benzene rings is 5. The molecule has 2 heteroatoms. The van der Waals surface area contributed by atoms with Crippen LogP contribution in [0.25, 0.3) is 49.7 Å². The van der Waals surface area contributed by atoms with Crippen LogP contribution in [0, 0.1) is 0 Å². The van der Waals surface area contributed by atoms with Crippen LogP contribution in [-0.2, 0) is 0 Å². The molecule has 0 aliphatic carbocycles. The Hall–Kier alpha value is -3.81. The van der Waals surface area contributed by atoms with Gasteiger partial charge in [0.2, 0.25) is 0 Å². The zero-order valence-corrected chi connectivity index (χ0v) is 18.1. The van der Waals surface area contributed by atoms with Gasteiger partial charge in [-0.3, -0.25) is 0 Å². The molecule has 0 saturated heterocycles. The number of aromatic nitrogens is 1. The molecule has 0 aliphatic heterocycles. The Morgan fingerprint density at radius 1 is 0.438 bits per heavy atom. The molecular formula is C30H20ClN. The number of para-hydroxylation sites is 1. The van der Waals surface area contributed by atoms with Crippen LogP contribution < -0.4 is 0 Å². The van der Waals surface area contributed by atoms with Crippen molar-refractivity contribution in [3.05, 3.63) is 126 Å². The summed E-state index contributed by atoms with van der Waals surface area (Å²) < 4.78 is 2.37. The lowest BCUT2D eigenvalue weighted by atomic mass is 10.0. The third kappa shape index (κ3) is 3.19. The van der Waals surface area contributed by atoms with Crippen molar-refractivity contribution in [3.63, 3.8) is 0 Å². The summed E-state index contributed by atoms with van der Waals surface area (Å²) in [5.74, 6) is 0. The lowest BCUT2D eigenvalue weighted by Gasteiger charge is -2.11. The lowest BCUT2D eigenvalue weighted by molar-refractivity contribution is 1.18. The third-order valence-electron chi connectivity index (χ3n) is 6.04. The zero-order valence-electron chi connectivity index (χ0n) is 17.4. The average Bonchev–Trinajstić information content (AvgIpc) is 3.18. The van der Waals surface area contributed by atoms with Gasteiger partial charge in [-0.1, -0.05) is 96.5 Å². The highest BCUT2D eigenvalue weighted by atomic mass is 35.5. The molecule has 32 heavy (non-hydrogen) atoms. The maximum atomic E-state index is 6.26. The second kappa shape index (κ2) is 7.71. The number of halogens is 1. The van der Waals surface area contributed by atoms with Crippen LogP contribution in [0.2, 0.25) is 5.02 Å². The second-order valence-corrected chi connectivity index (χ2v) is 8.45. The summed E-state index contributed by atoms with van der Waals surface area (Å²) in [6, 6.07) is 42.6. The van der Waals surface area contributed by atoms with Crippen LogP contribution in [0.3, 0.4) is 0 Å². The van der Waals surface area contributed by atoms with E-state index in [2.05, 4.69) is 108 Å². The largest absolute Gasteiger partial charge is 0.309 e. The van der Waals surface area contributed by atoms with E-state index >= 15 is 0 Å². The summed E-state index contributed by atoms with van der Waals surface area (Å²) in [5.41, 5.74) is 8.25. The van der Waals surface area contributed by atoms with Crippen LogP contribution >= 0.6 is 11.6 Å². The Morgan fingerprint density at radius 2 is 1.09 bits per heavy atom. The van der Waals surface area contributed by atoms with Gasteiger partial charge in [-0.2, -0.15) is 0 Å². The summed E-state index contributed by atoms with van der Waals surface area (Å²) >= 11 is 6.26. The number of nitrogens with zero attached hydrogens (tertiary/aromatic N) is 1. The normalized spacial score (nSPS) is 11.3. The van der Waals surface area contributed by atoms with Gasteiger partial charge < -0.3 is 4.57 Å². The first-order valence-electron chi connectivity index (χ1n) is 10.7. The molecule has 0 spiro atoms. The fraction of sp³-hybridized carbons (Fsp3) is 0. The molecule has 1 aromatic heterocycles. The number of fused-ring (bicyclic) bond motifs is 3. The molecule has 6 rings (SSSR count). The predicted molar refractivity (Wildman–Crippen MR) is 137 cm³/mol. The molecule has 0 unspecified atom stereocenters.